The fraction of sp³-hybridized carbons (Fsp3) is 0.257. The first kappa shape index (κ1) is 34.1. The summed E-state index contributed by atoms with van der Waals surface area (Å²) < 4.78 is 62.0. The van der Waals surface area contributed by atoms with Gasteiger partial charge in [-0.15, -0.1) is 0 Å². The smallest absolute Gasteiger partial charge is 0.264 e. The van der Waals surface area contributed by atoms with Crippen LogP contribution in [0.3, 0.4) is 0 Å². The molecule has 0 heterocycles. The number of hydrogen-bond donors (Lipinski definition) is 1. The van der Waals surface area contributed by atoms with Crippen LogP contribution in [0.4, 0.5) is 14.5 Å². The van der Waals surface area contributed by atoms with E-state index in [0.717, 1.165) is 34.1 Å². The van der Waals surface area contributed by atoms with Crippen LogP contribution in [0.2, 0.25) is 0 Å². The summed E-state index contributed by atoms with van der Waals surface area (Å²) in [6, 6.07) is 24.2. The van der Waals surface area contributed by atoms with Gasteiger partial charge < -0.3 is 15.0 Å². The average molecular weight is 650 g/mol. The highest BCUT2D eigenvalue weighted by molar-refractivity contribution is 7.92. The van der Waals surface area contributed by atoms with E-state index in [9.17, 15) is 26.8 Å². The van der Waals surface area contributed by atoms with Gasteiger partial charge in [0.1, 0.15) is 30.0 Å². The molecule has 0 aliphatic carbocycles. The summed E-state index contributed by atoms with van der Waals surface area (Å²) in [4.78, 5) is 29.2. The second-order valence-electron chi connectivity index (χ2n) is 10.5. The third-order valence-electron chi connectivity index (χ3n) is 7.20. The van der Waals surface area contributed by atoms with Gasteiger partial charge in [0.05, 0.1) is 17.2 Å². The maximum atomic E-state index is 14.4. The van der Waals surface area contributed by atoms with Crippen molar-refractivity contribution in [2.75, 3.05) is 24.0 Å². The van der Waals surface area contributed by atoms with E-state index < -0.39 is 46.1 Å². The number of carbonyl (C=O) groups excluding carboxylic acids is 2. The molecular weight excluding hydrogens is 612 g/mol. The molecule has 1 atom stereocenters. The van der Waals surface area contributed by atoms with Crippen molar-refractivity contribution >= 4 is 27.5 Å². The van der Waals surface area contributed by atoms with Crippen LogP contribution in [-0.2, 0) is 32.6 Å². The van der Waals surface area contributed by atoms with Gasteiger partial charge in [0.2, 0.25) is 11.8 Å². The number of halogens is 2. The second kappa shape index (κ2) is 16.0. The number of hydrogen-bond acceptors (Lipinski definition) is 5. The highest BCUT2D eigenvalue weighted by Gasteiger charge is 2.34. The normalized spacial score (nSPS) is 11.8. The van der Waals surface area contributed by atoms with Crippen LogP contribution in [-0.4, -0.2) is 50.9 Å². The number of rotatable bonds is 15. The first-order valence-corrected chi connectivity index (χ1v) is 16.4. The van der Waals surface area contributed by atoms with Gasteiger partial charge in [0, 0.05) is 19.5 Å². The number of nitrogens with one attached hydrogen (secondary N) is 1. The molecule has 46 heavy (non-hydrogen) atoms. The van der Waals surface area contributed by atoms with Crippen molar-refractivity contribution in [3.63, 3.8) is 0 Å². The first-order chi connectivity index (χ1) is 22.1. The summed E-state index contributed by atoms with van der Waals surface area (Å²) in [5.74, 6) is -1.65. The zero-order valence-corrected chi connectivity index (χ0v) is 26.6. The lowest BCUT2D eigenvalue weighted by Crippen LogP contribution is -2.53. The fourth-order valence-corrected chi connectivity index (χ4v) is 6.26. The summed E-state index contributed by atoms with van der Waals surface area (Å²) in [5, 5.41) is 2.87. The van der Waals surface area contributed by atoms with Crippen LogP contribution in [0.25, 0.3) is 0 Å². The predicted octanol–water partition coefficient (Wildman–Crippen LogP) is 5.73. The van der Waals surface area contributed by atoms with E-state index in [1.54, 1.807) is 12.1 Å². The lowest BCUT2D eigenvalue weighted by Gasteiger charge is -2.34. The molecule has 0 radical (unpaired) electrons. The molecule has 1 N–H and O–H groups in total. The minimum absolute atomic E-state index is 0.0934. The Hall–Kier alpha value is -4.77. The molecule has 4 aromatic carbocycles. The number of anilines is 1. The summed E-state index contributed by atoms with van der Waals surface area (Å²) in [6.07, 6.45) is 0.814. The molecule has 2 amide bonds. The zero-order chi connectivity index (χ0) is 33.1. The Kier molecular flexibility index (Phi) is 11.9. The van der Waals surface area contributed by atoms with Gasteiger partial charge in [-0.25, -0.2) is 17.2 Å². The molecule has 4 rings (SSSR count). The Balaban J connectivity index is 1.79. The van der Waals surface area contributed by atoms with Gasteiger partial charge in [0.15, 0.2) is 0 Å². The molecule has 0 aromatic heterocycles. The number of ether oxygens (including phenoxy) is 1. The number of carbonyl (C=O) groups is 2. The summed E-state index contributed by atoms with van der Waals surface area (Å²) >= 11 is 0. The van der Waals surface area contributed by atoms with Crippen LogP contribution in [0.5, 0.6) is 5.75 Å². The third-order valence-corrected chi connectivity index (χ3v) is 8.99. The Bertz CT molecular complexity index is 1690. The molecule has 8 nitrogen and oxygen atoms in total. The molecule has 0 spiro atoms. The molecule has 0 fully saturated rings. The number of benzene rings is 4. The minimum atomic E-state index is -4.39. The van der Waals surface area contributed by atoms with Crippen molar-refractivity contribution < 1.29 is 31.5 Å². The maximum Gasteiger partial charge on any atom is 0.264 e. The monoisotopic (exact) mass is 649 g/mol. The summed E-state index contributed by atoms with van der Waals surface area (Å²) in [6.45, 7) is 3.72. The standard InChI is InChI=1S/C35H37F2N3O5S/c1-3-22-38-35(42)33(23-26-8-6-5-7-9-26)39(24-27-10-12-28(36)13-11-27)34(41)25-40(30-16-18-31(19-17-30)45-4-2)46(43,44)32-20-14-29(37)15-21-32/h5-21,33H,3-4,22-25H2,1-2H3,(H,38,42). The molecule has 242 valence electrons. The zero-order valence-electron chi connectivity index (χ0n) is 25.7. The van der Waals surface area contributed by atoms with Gasteiger partial charge in [-0.2, -0.15) is 0 Å². The van der Waals surface area contributed by atoms with Crippen LogP contribution >= 0.6 is 0 Å². The van der Waals surface area contributed by atoms with Crippen molar-refractivity contribution in [3.05, 3.63) is 126 Å². The summed E-state index contributed by atoms with van der Waals surface area (Å²) in [5.41, 5.74) is 1.50. The van der Waals surface area contributed by atoms with Gasteiger partial charge in [0.25, 0.3) is 10.0 Å². The maximum absolute atomic E-state index is 14.4. The number of nitrogens with zero attached hydrogens (tertiary/aromatic N) is 2. The van der Waals surface area contributed by atoms with Crippen LogP contribution in [0, 0.1) is 11.6 Å². The Morgan fingerprint density at radius 2 is 1.41 bits per heavy atom. The predicted molar refractivity (Wildman–Crippen MR) is 173 cm³/mol. The molecule has 0 saturated carbocycles. The number of amides is 2. The van der Waals surface area contributed by atoms with Crippen molar-refractivity contribution in [2.45, 2.75) is 44.2 Å². The largest absolute Gasteiger partial charge is 0.494 e. The minimum Gasteiger partial charge on any atom is -0.494 e. The molecule has 11 heteroatoms. The second-order valence-corrected chi connectivity index (χ2v) is 12.4. The van der Waals surface area contributed by atoms with Gasteiger partial charge in [-0.3, -0.25) is 13.9 Å². The van der Waals surface area contributed by atoms with E-state index in [2.05, 4.69) is 5.32 Å². The lowest BCUT2D eigenvalue weighted by molar-refractivity contribution is -0.140. The van der Waals surface area contributed by atoms with E-state index >= 15 is 0 Å². The van der Waals surface area contributed by atoms with Crippen molar-refractivity contribution in [1.82, 2.24) is 10.2 Å². The van der Waals surface area contributed by atoms with Gasteiger partial charge >= 0.3 is 0 Å². The highest BCUT2D eigenvalue weighted by Crippen LogP contribution is 2.27. The van der Waals surface area contributed by atoms with E-state index in [1.165, 1.54) is 41.3 Å². The Morgan fingerprint density at radius 1 is 0.804 bits per heavy atom. The first-order valence-electron chi connectivity index (χ1n) is 15.0. The molecule has 4 aromatic rings. The van der Waals surface area contributed by atoms with Crippen LogP contribution in [0.1, 0.15) is 31.4 Å². The van der Waals surface area contributed by atoms with E-state index in [1.807, 2.05) is 44.2 Å². The molecule has 0 bridgehead atoms. The fourth-order valence-electron chi connectivity index (χ4n) is 4.84. The lowest BCUT2D eigenvalue weighted by atomic mass is 10.0. The molecule has 0 aliphatic heterocycles. The average Bonchev–Trinajstić information content (AvgIpc) is 3.06. The van der Waals surface area contributed by atoms with Gasteiger partial charge in [-0.1, -0.05) is 49.4 Å². The SMILES string of the molecule is CCCNC(=O)C(Cc1ccccc1)N(Cc1ccc(F)cc1)C(=O)CN(c1ccc(OCC)cc1)S(=O)(=O)c1ccc(F)cc1. The van der Waals surface area contributed by atoms with Crippen LogP contribution in [0.15, 0.2) is 108 Å². The van der Waals surface area contributed by atoms with Crippen molar-refractivity contribution in [2.24, 2.45) is 0 Å². The van der Waals surface area contributed by atoms with E-state index in [0.29, 0.717) is 30.9 Å². The quantitative estimate of drug-likeness (QED) is 0.178. The Morgan fingerprint density at radius 3 is 2.00 bits per heavy atom. The van der Waals surface area contributed by atoms with E-state index in [-0.39, 0.29) is 23.5 Å². The third kappa shape index (κ3) is 8.91. The van der Waals surface area contributed by atoms with Gasteiger partial charge in [-0.05, 0) is 85.1 Å². The molecule has 0 saturated heterocycles. The van der Waals surface area contributed by atoms with Crippen molar-refractivity contribution in [3.8, 4) is 5.75 Å². The number of sulfonamides is 1. The van der Waals surface area contributed by atoms with E-state index in [4.69, 9.17) is 4.74 Å². The summed E-state index contributed by atoms with van der Waals surface area (Å²) in [7, 11) is -4.39. The highest BCUT2D eigenvalue weighted by atomic mass is 32.2. The molecule has 0 aliphatic rings. The molecular formula is C35H37F2N3O5S. The van der Waals surface area contributed by atoms with Crippen molar-refractivity contribution in [1.29, 1.82) is 0 Å². The van der Waals surface area contributed by atoms with Crippen LogP contribution < -0.4 is 14.4 Å². The molecule has 1 unspecified atom stereocenters. The Labute approximate surface area is 268 Å². The topological polar surface area (TPSA) is 96.0 Å².